The minimum atomic E-state index is -0.986. The standard InChI is InChI=1S/C23H34N2OS/c1-21(2,3)17-18(22(4,5)6)20(23(7,8)9)25-24-19(17)15-11-13-16(14-12-15)27(10)26/h11-14H,1-10H3. The molecule has 1 aromatic heterocycles. The highest BCUT2D eigenvalue weighted by atomic mass is 32.2. The molecular formula is C23H34N2OS. The van der Waals surface area contributed by atoms with Crippen molar-refractivity contribution >= 4 is 10.8 Å². The highest BCUT2D eigenvalue weighted by Crippen LogP contribution is 2.43. The van der Waals surface area contributed by atoms with Gasteiger partial charge < -0.3 is 0 Å². The lowest BCUT2D eigenvalue weighted by Crippen LogP contribution is -2.31. The number of hydrogen-bond acceptors (Lipinski definition) is 3. The highest BCUT2D eigenvalue weighted by molar-refractivity contribution is 7.84. The predicted molar refractivity (Wildman–Crippen MR) is 116 cm³/mol. The third-order valence-electron chi connectivity index (χ3n) is 4.64. The first-order valence-electron chi connectivity index (χ1n) is 9.50. The van der Waals surface area contributed by atoms with Gasteiger partial charge in [-0.05, 0) is 34.1 Å². The molecule has 2 rings (SSSR count). The summed E-state index contributed by atoms with van der Waals surface area (Å²) in [5.74, 6) is 0. The molecule has 2 aromatic rings. The maximum atomic E-state index is 11.7. The molecule has 4 heteroatoms. The Kier molecular flexibility index (Phi) is 5.74. The second kappa shape index (κ2) is 7.12. The summed E-state index contributed by atoms with van der Waals surface area (Å²) in [6.07, 6.45) is 1.70. The normalized spacial score (nSPS) is 14.3. The average Bonchev–Trinajstić information content (AvgIpc) is 2.51. The maximum Gasteiger partial charge on any atom is 0.0970 e. The van der Waals surface area contributed by atoms with E-state index in [1.165, 1.54) is 11.1 Å². The van der Waals surface area contributed by atoms with E-state index in [2.05, 4.69) is 62.3 Å². The van der Waals surface area contributed by atoms with Crippen molar-refractivity contribution in [2.45, 2.75) is 83.5 Å². The Morgan fingerprint density at radius 3 is 1.56 bits per heavy atom. The molecule has 1 heterocycles. The van der Waals surface area contributed by atoms with Crippen LogP contribution in [0.15, 0.2) is 29.2 Å². The molecule has 0 aliphatic heterocycles. The Labute approximate surface area is 167 Å². The number of aromatic nitrogens is 2. The van der Waals surface area contributed by atoms with Crippen molar-refractivity contribution in [2.75, 3.05) is 6.26 Å². The average molecular weight is 387 g/mol. The molecule has 3 nitrogen and oxygen atoms in total. The van der Waals surface area contributed by atoms with E-state index in [1.807, 2.05) is 24.3 Å². The van der Waals surface area contributed by atoms with Crippen LogP contribution in [0.25, 0.3) is 11.3 Å². The molecule has 0 saturated heterocycles. The Morgan fingerprint density at radius 2 is 1.19 bits per heavy atom. The number of nitrogens with zero attached hydrogens (tertiary/aromatic N) is 2. The lowest BCUT2D eigenvalue weighted by atomic mass is 9.70. The molecule has 0 fully saturated rings. The van der Waals surface area contributed by atoms with Crippen molar-refractivity contribution in [1.82, 2.24) is 10.2 Å². The minimum Gasteiger partial charge on any atom is -0.255 e. The van der Waals surface area contributed by atoms with Crippen molar-refractivity contribution in [2.24, 2.45) is 0 Å². The zero-order valence-corrected chi connectivity index (χ0v) is 19.3. The summed E-state index contributed by atoms with van der Waals surface area (Å²) in [5, 5.41) is 9.42. The van der Waals surface area contributed by atoms with Crippen LogP contribution in [0, 0.1) is 0 Å². The molecule has 0 bridgehead atoms. The van der Waals surface area contributed by atoms with E-state index in [-0.39, 0.29) is 16.2 Å². The van der Waals surface area contributed by atoms with Crippen LogP contribution in [0.2, 0.25) is 0 Å². The van der Waals surface area contributed by atoms with Gasteiger partial charge in [0, 0.05) is 32.9 Å². The summed E-state index contributed by atoms with van der Waals surface area (Å²) in [6.45, 7) is 20.1. The van der Waals surface area contributed by atoms with Gasteiger partial charge >= 0.3 is 0 Å². The molecule has 148 valence electrons. The maximum absolute atomic E-state index is 11.7. The molecular weight excluding hydrogens is 352 g/mol. The van der Waals surface area contributed by atoms with Crippen molar-refractivity contribution in [1.29, 1.82) is 0 Å². The first kappa shape index (κ1) is 21.7. The number of rotatable bonds is 2. The molecule has 0 amide bonds. The summed E-state index contributed by atoms with van der Waals surface area (Å²) in [4.78, 5) is 0.825. The van der Waals surface area contributed by atoms with Gasteiger partial charge in [0.25, 0.3) is 0 Å². The summed E-state index contributed by atoms with van der Waals surface area (Å²) in [7, 11) is -0.986. The quantitative estimate of drug-likeness (QED) is 0.657. The lowest BCUT2D eigenvalue weighted by molar-refractivity contribution is 0.478. The molecule has 0 spiro atoms. The third kappa shape index (κ3) is 4.66. The van der Waals surface area contributed by atoms with E-state index in [0.717, 1.165) is 21.8 Å². The first-order chi connectivity index (χ1) is 12.1. The van der Waals surface area contributed by atoms with Gasteiger partial charge in [-0.3, -0.25) is 4.21 Å². The van der Waals surface area contributed by atoms with E-state index in [0.29, 0.717) is 0 Å². The van der Waals surface area contributed by atoms with Crippen LogP contribution >= 0.6 is 0 Å². The monoisotopic (exact) mass is 386 g/mol. The SMILES string of the molecule is CS(=O)c1ccc(-c2nnc(C(C)(C)C)c(C(C)(C)C)c2C(C)(C)C)cc1. The number of benzene rings is 1. The van der Waals surface area contributed by atoms with Crippen LogP contribution in [-0.4, -0.2) is 20.7 Å². The molecule has 0 saturated carbocycles. The van der Waals surface area contributed by atoms with Gasteiger partial charge in [-0.2, -0.15) is 5.10 Å². The molecule has 1 aromatic carbocycles. The summed E-state index contributed by atoms with van der Waals surface area (Å²) in [6, 6.07) is 7.88. The van der Waals surface area contributed by atoms with E-state index < -0.39 is 10.8 Å². The largest absolute Gasteiger partial charge is 0.255 e. The Bertz CT molecular complexity index is 848. The fraction of sp³-hybridized carbons (Fsp3) is 0.565. The smallest absolute Gasteiger partial charge is 0.0970 e. The predicted octanol–water partition coefficient (Wildman–Crippen LogP) is 5.77. The topological polar surface area (TPSA) is 42.9 Å². The zero-order chi connectivity index (χ0) is 20.8. The van der Waals surface area contributed by atoms with Gasteiger partial charge in [0.2, 0.25) is 0 Å². The molecule has 0 N–H and O–H groups in total. The Morgan fingerprint density at radius 1 is 0.704 bits per heavy atom. The Hall–Kier alpha value is -1.55. The van der Waals surface area contributed by atoms with Crippen molar-refractivity contribution in [3.63, 3.8) is 0 Å². The van der Waals surface area contributed by atoms with Crippen LogP contribution in [0.4, 0.5) is 0 Å². The van der Waals surface area contributed by atoms with Gasteiger partial charge in [0.15, 0.2) is 0 Å². The van der Waals surface area contributed by atoms with Crippen molar-refractivity contribution in [3.05, 3.63) is 41.1 Å². The third-order valence-corrected chi connectivity index (χ3v) is 5.58. The lowest BCUT2D eigenvalue weighted by Gasteiger charge is -2.36. The molecule has 1 atom stereocenters. The molecule has 0 aliphatic carbocycles. The van der Waals surface area contributed by atoms with E-state index in [4.69, 9.17) is 10.2 Å². The fourth-order valence-corrected chi connectivity index (χ4v) is 3.95. The summed E-state index contributed by atoms with van der Waals surface area (Å²) >= 11 is 0. The highest BCUT2D eigenvalue weighted by Gasteiger charge is 2.35. The summed E-state index contributed by atoms with van der Waals surface area (Å²) in [5.41, 5.74) is 5.32. The van der Waals surface area contributed by atoms with Crippen molar-refractivity contribution < 1.29 is 4.21 Å². The minimum absolute atomic E-state index is 0.0548. The molecule has 0 radical (unpaired) electrons. The molecule has 27 heavy (non-hydrogen) atoms. The van der Waals surface area contributed by atoms with Gasteiger partial charge in [0.1, 0.15) is 0 Å². The van der Waals surface area contributed by atoms with E-state index in [1.54, 1.807) is 6.26 Å². The van der Waals surface area contributed by atoms with Crippen LogP contribution in [0.3, 0.4) is 0 Å². The van der Waals surface area contributed by atoms with Crippen LogP contribution in [-0.2, 0) is 27.0 Å². The van der Waals surface area contributed by atoms with Gasteiger partial charge in [-0.15, -0.1) is 5.10 Å². The molecule has 0 aliphatic rings. The Balaban J connectivity index is 2.89. The van der Waals surface area contributed by atoms with Gasteiger partial charge in [0.05, 0.1) is 11.4 Å². The molecule has 1 unspecified atom stereocenters. The zero-order valence-electron chi connectivity index (χ0n) is 18.5. The van der Waals surface area contributed by atoms with Crippen LogP contribution < -0.4 is 0 Å². The number of hydrogen-bond donors (Lipinski definition) is 0. The van der Waals surface area contributed by atoms with E-state index in [9.17, 15) is 4.21 Å². The fourth-order valence-electron chi connectivity index (χ4n) is 3.43. The van der Waals surface area contributed by atoms with Crippen LogP contribution in [0.5, 0.6) is 0 Å². The first-order valence-corrected chi connectivity index (χ1v) is 11.1. The second-order valence-electron chi connectivity index (χ2n) is 10.4. The van der Waals surface area contributed by atoms with Crippen LogP contribution in [0.1, 0.15) is 79.1 Å². The van der Waals surface area contributed by atoms with Crippen molar-refractivity contribution in [3.8, 4) is 11.3 Å². The van der Waals surface area contributed by atoms with Gasteiger partial charge in [-0.25, -0.2) is 0 Å². The summed E-state index contributed by atoms with van der Waals surface area (Å²) < 4.78 is 11.7. The van der Waals surface area contributed by atoms with Gasteiger partial charge in [-0.1, -0.05) is 74.4 Å². The van der Waals surface area contributed by atoms with E-state index >= 15 is 0 Å². The second-order valence-corrected chi connectivity index (χ2v) is 11.8.